The Morgan fingerprint density at radius 1 is 1.13 bits per heavy atom. The summed E-state index contributed by atoms with van der Waals surface area (Å²) in [6.07, 6.45) is 0.578. The lowest BCUT2D eigenvalue weighted by atomic mass is 10.1. The van der Waals surface area contributed by atoms with Gasteiger partial charge >= 0.3 is 0 Å². The van der Waals surface area contributed by atoms with E-state index in [0.717, 1.165) is 39.9 Å². The first kappa shape index (κ1) is 19.4. The third-order valence-corrected chi connectivity index (χ3v) is 6.56. The second-order valence-electron chi connectivity index (χ2n) is 7.46. The van der Waals surface area contributed by atoms with Crippen LogP contribution in [0, 0.1) is 13.8 Å². The number of hydrogen-bond acceptors (Lipinski definition) is 5. The van der Waals surface area contributed by atoms with E-state index in [1.165, 1.54) is 0 Å². The van der Waals surface area contributed by atoms with Crippen LogP contribution < -0.4 is 5.56 Å². The van der Waals surface area contributed by atoms with Crippen LogP contribution in [-0.4, -0.2) is 39.8 Å². The molecule has 0 spiro atoms. The molecule has 0 radical (unpaired) electrons. The predicted molar refractivity (Wildman–Crippen MR) is 120 cm³/mol. The minimum absolute atomic E-state index is 0.0826. The van der Waals surface area contributed by atoms with Crippen molar-refractivity contribution in [1.82, 2.24) is 14.5 Å². The molecule has 0 saturated carbocycles. The lowest BCUT2D eigenvalue weighted by Gasteiger charge is -2.16. The van der Waals surface area contributed by atoms with E-state index < -0.39 is 0 Å². The van der Waals surface area contributed by atoms with Gasteiger partial charge in [0.05, 0.1) is 18.9 Å². The van der Waals surface area contributed by atoms with Crippen LogP contribution in [0.2, 0.25) is 0 Å². The van der Waals surface area contributed by atoms with Gasteiger partial charge in [0.25, 0.3) is 5.56 Å². The van der Waals surface area contributed by atoms with Gasteiger partial charge in [-0.15, -0.1) is 0 Å². The first-order valence-corrected chi connectivity index (χ1v) is 11.1. The zero-order chi connectivity index (χ0) is 20.7. The van der Waals surface area contributed by atoms with Crippen molar-refractivity contribution in [3.63, 3.8) is 0 Å². The van der Waals surface area contributed by atoms with Crippen LogP contribution in [0.3, 0.4) is 0 Å². The lowest BCUT2D eigenvalue weighted by molar-refractivity contribution is -0.0421. The zero-order valence-electron chi connectivity index (χ0n) is 17.0. The standard InChI is InChI=1S/C23H23N3O3S/c1-14-6-5-9-18(15(14)2)26-22(27)21-20(16-7-3-4-8-17(16)24-21)25-23(26)30-13-10-19-28-11-12-29-19/h3-9,19,24H,10-13H2,1-2H3. The van der Waals surface area contributed by atoms with Crippen LogP contribution in [0.4, 0.5) is 0 Å². The van der Waals surface area contributed by atoms with Crippen molar-refractivity contribution in [1.29, 1.82) is 0 Å². The van der Waals surface area contributed by atoms with Gasteiger partial charge in [-0.1, -0.05) is 42.1 Å². The summed E-state index contributed by atoms with van der Waals surface area (Å²) in [5.41, 5.74) is 5.15. The lowest BCUT2D eigenvalue weighted by Crippen LogP contribution is -2.23. The summed E-state index contributed by atoms with van der Waals surface area (Å²) >= 11 is 1.56. The number of ether oxygens (including phenoxy) is 2. The van der Waals surface area contributed by atoms with Crippen molar-refractivity contribution in [3.8, 4) is 5.69 Å². The quantitative estimate of drug-likeness (QED) is 0.383. The summed E-state index contributed by atoms with van der Waals surface area (Å²) < 4.78 is 12.8. The van der Waals surface area contributed by atoms with E-state index in [4.69, 9.17) is 14.5 Å². The number of H-pyrrole nitrogens is 1. The van der Waals surface area contributed by atoms with E-state index >= 15 is 0 Å². The second kappa shape index (κ2) is 7.91. The number of rotatable bonds is 5. The molecule has 0 aliphatic carbocycles. The van der Waals surface area contributed by atoms with Crippen LogP contribution >= 0.6 is 11.8 Å². The van der Waals surface area contributed by atoms with Gasteiger partial charge in [0, 0.05) is 23.1 Å². The minimum Gasteiger partial charge on any atom is -0.350 e. The van der Waals surface area contributed by atoms with Gasteiger partial charge in [-0.3, -0.25) is 9.36 Å². The third kappa shape index (κ3) is 3.33. The number of fused-ring (bicyclic) bond motifs is 3. The van der Waals surface area contributed by atoms with Gasteiger partial charge < -0.3 is 14.5 Å². The highest BCUT2D eigenvalue weighted by atomic mass is 32.2. The Bertz CT molecular complexity index is 1290. The predicted octanol–water partition coefficient (Wildman–Crippen LogP) is 4.34. The maximum atomic E-state index is 13.6. The molecule has 3 heterocycles. The molecule has 7 heteroatoms. The molecule has 1 fully saturated rings. The zero-order valence-corrected chi connectivity index (χ0v) is 17.8. The smallest absolute Gasteiger partial charge is 0.283 e. The molecule has 2 aromatic carbocycles. The molecular formula is C23H23N3O3S. The molecule has 1 N–H and O–H groups in total. The average molecular weight is 422 g/mol. The van der Waals surface area contributed by atoms with Crippen LogP contribution in [0.1, 0.15) is 17.5 Å². The molecule has 0 unspecified atom stereocenters. The topological polar surface area (TPSA) is 69.1 Å². The largest absolute Gasteiger partial charge is 0.350 e. The van der Waals surface area contributed by atoms with E-state index in [0.29, 0.717) is 29.4 Å². The van der Waals surface area contributed by atoms with E-state index in [1.54, 1.807) is 16.3 Å². The van der Waals surface area contributed by atoms with Crippen LogP contribution in [0.25, 0.3) is 27.6 Å². The highest BCUT2D eigenvalue weighted by molar-refractivity contribution is 7.99. The number of aromatic amines is 1. The van der Waals surface area contributed by atoms with E-state index in [2.05, 4.69) is 18.0 Å². The first-order chi connectivity index (χ1) is 14.6. The first-order valence-electron chi connectivity index (χ1n) is 10.1. The van der Waals surface area contributed by atoms with Crippen molar-refractivity contribution < 1.29 is 9.47 Å². The highest BCUT2D eigenvalue weighted by Crippen LogP contribution is 2.28. The third-order valence-electron chi connectivity index (χ3n) is 5.59. The van der Waals surface area contributed by atoms with Crippen molar-refractivity contribution >= 4 is 33.7 Å². The number of benzene rings is 2. The van der Waals surface area contributed by atoms with E-state index in [-0.39, 0.29) is 11.8 Å². The molecule has 0 atom stereocenters. The molecule has 5 rings (SSSR count). The Balaban J connectivity index is 1.66. The molecule has 154 valence electrons. The monoisotopic (exact) mass is 421 g/mol. The minimum atomic E-state index is -0.171. The van der Waals surface area contributed by atoms with Gasteiger partial charge in [-0.05, 0) is 37.1 Å². The van der Waals surface area contributed by atoms with Crippen molar-refractivity contribution in [3.05, 3.63) is 63.9 Å². The fourth-order valence-corrected chi connectivity index (χ4v) is 4.81. The molecule has 30 heavy (non-hydrogen) atoms. The summed E-state index contributed by atoms with van der Waals surface area (Å²) in [5, 5.41) is 1.64. The maximum Gasteiger partial charge on any atom is 0.283 e. The highest BCUT2D eigenvalue weighted by Gasteiger charge is 2.20. The fourth-order valence-electron chi connectivity index (χ4n) is 3.85. The number of nitrogens with zero attached hydrogens (tertiary/aromatic N) is 2. The van der Waals surface area contributed by atoms with Crippen molar-refractivity contribution in [2.24, 2.45) is 0 Å². The van der Waals surface area contributed by atoms with Gasteiger partial charge in [0.15, 0.2) is 11.4 Å². The van der Waals surface area contributed by atoms with Gasteiger partial charge in [0.1, 0.15) is 11.0 Å². The van der Waals surface area contributed by atoms with Crippen LogP contribution in [0.15, 0.2) is 52.4 Å². The van der Waals surface area contributed by atoms with E-state index in [9.17, 15) is 4.79 Å². The fraction of sp³-hybridized carbons (Fsp3) is 0.304. The van der Waals surface area contributed by atoms with Crippen molar-refractivity contribution in [2.75, 3.05) is 19.0 Å². The summed E-state index contributed by atoms with van der Waals surface area (Å²) in [5.74, 6) is 0.746. The molecule has 1 aliphatic heterocycles. The Kier molecular flexibility index (Phi) is 5.10. The second-order valence-corrected chi connectivity index (χ2v) is 8.52. The van der Waals surface area contributed by atoms with Gasteiger partial charge in [0.2, 0.25) is 0 Å². The Hall–Kier alpha value is -2.61. The molecule has 1 aliphatic rings. The molecule has 6 nitrogen and oxygen atoms in total. The van der Waals surface area contributed by atoms with Crippen LogP contribution in [0.5, 0.6) is 0 Å². The number of aromatic nitrogens is 3. The normalized spacial score (nSPS) is 14.9. The molecule has 4 aromatic rings. The maximum absolute atomic E-state index is 13.6. The summed E-state index contributed by atoms with van der Waals surface area (Å²) in [4.78, 5) is 21.9. The average Bonchev–Trinajstić information content (AvgIpc) is 3.39. The number of para-hydroxylation sites is 1. The molecule has 2 aromatic heterocycles. The number of hydrogen-bond donors (Lipinski definition) is 1. The Morgan fingerprint density at radius 2 is 1.93 bits per heavy atom. The SMILES string of the molecule is Cc1cccc(-n2c(SCCC3OCCO3)nc3c([nH]c4ccccc43)c2=O)c1C. The summed E-state index contributed by atoms with van der Waals surface area (Å²) in [6.45, 7) is 5.38. The summed E-state index contributed by atoms with van der Waals surface area (Å²) in [7, 11) is 0. The molecule has 0 bridgehead atoms. The number of aryl methyl sites for hydroxylation is 1. The number of nitrogens with one attached hydrogen (secondary N) is 1. The molecular weight excluding hydrogens is 398 g/mol. The Labute approximate surface area is 178 Å². The Morgan fingerprint density at radius 3 is 2.77 bits per heavy atom. The van der Waals surface area contributed by atoms with Gasteiger partial charge in [-0.25, -0.2) is 4.98 Å². The van der Waals surface area contributed by atoms with Crippen LogP contribution in [-0.2, 0) is 9.47 Å². The van der Waals surface area contributed by atoms with E-state index in [1.807, 2.05) is 43.3 Å². The molecule has 0 amide bonds. The molecule has 1 saturated heterocycles. The van der Waals surface area contributed by atoms with Crippen molar-refractivity contribution in [2.45, 2.75) is 31.7 Å². The summed E-state index contributed by atoms with van der Waals surface area (Å²) in [6, 6.07) is 13.9. The number of thioether (sulfide) groups is 1. The van der Waals surface area contributed by atoms with Gasteiger partial charge in [-0.2, -0.15) is 0 Å².